The normalized spacial score (nSPS) is 11.4. The molecule has 0 saturated heterocycles. The van der Waals surface area contributed by atoms with E-state index in [4.69, 9.17) is 0 Å². The molecular formula is C32H58O. The molecule has 0 unspecified atom stereocenters. The van der Waals surface area contributed by atoms with Gasteiger partial charge in [0.15, 0.2) is 0 Å². The SMILES string of the molecule is CCCCCCCCCCc1c(O)ccc(CCCCCC)c1CCCCCCCCCC. The first-order valence-corrected chi connectivity index (χ1v) is 15.1. The van der Waals surface area contributed by atoms with Gasteiger partial charge >= 0.3 is 0 Å². The second kappa shape index (κ2) is 21.5. The van der Waals surface area contributed by atoms with E-state index < -0.39 is 0 Å². The number of phenols is 1. The first kappa shape index (κ1) is 30.1. The third kappa shape index (κ3) is 14.8. The number of aromatic hydroxyl groups is 1. The lowest BCUT2D eigenvalue weighted by Crippen LogP contribution is -2.03. The van der Waals surface area contributed by atoms with Crippen LogP contribution in [0.15, 0.2) is 12.1 Å². The summed E-state index contributed by atoms with van der Waals surface area (Å²) < 4.78 is 0. The molecule has 0 aliphatic carbocycles. The van der Waals surface area contributed by atoms with Crippen LogP contribution in [-0.4, -0.2) is 5.11 Å². The lowest BCUT2D eigenvalue weighted by Gasteiger charge is -2.17. The second-order valence-corrected chi connectivity index (χ2v) is 10.5. The standard InChI is InChI=1S/C32H58O/c1-4-7-10-13-15-17-19-22-25-30-29(24-21-12-9-6-3)27-28-32(33)31(30)26-23-20-18-16-14-11-8-5-2/h27-28,33H,4-26H2,1-3H3. The summed E-state index contributed by atoms with van der Waals surface area (Å²) in [5.74, 6) is 0.560. The second-order valence-electron chi connectivity index (χ2n) is 10.5. The van der Waals surface area contributed by atoms with E-state index in [-0.39, 0.29) is 0 Å². The highest BCUT2D eigenvalue weighted by Crippen LogP contribution is 2.30. The summed E-state index contributed by atoms with van der Waals surface area (Å²) in [7, 11) is 0. The number of phenolic OH excluding ortho intramolecular Hbond substituents is 1. The topological polar surface area (TPSA) is 20.2 Å². The van der Waals surface area contributed by atoms with Gasteiger partial charge in [0.1, 0.15) is 5.75 Å². The average molecular weight is 459 g/mol. The van der Waals surface area contributed by atoms with Crippen molar-refractivity contribution in [3.05, 3.63) is 28.8 Å². The fraction of sp³-hybridized carbons (Fsp3) is 0.812. The van der Waals surface area contributed by atoms with Crippen LogP contribution in [0.4, 0.5) is 0 Å². The minimum atomic E-state index is 0.560. The lowest BCUT2D eigenvalue weighted by molar-refractivity contribution is 0.463. The van der Waals surface area contributed by atoms with E-state index >= 15 is 0 Å². The van der Waals surface area contributed by atoms with Gasteiger partial charge in [-0.3, -0.25) is 0 Å². The van der Waals surface area contributed by atoms with E-state index in [0.717, 1.165) is 6.42 Å². The average Bonchev–Trinajstić information content (AvgIpc) is 2.82. The van der Waals surface area contributed by atoms with Gasteiger partial charge in [-0.05, 0) is 61.3 Å². The molecule has 0 atom stereocenters. The van der Waals surface area contributed by atoms with Crippen molar-refractivity contribution in [1.29, 1.82) is 0 Å². The zero-order valence-corrected chi connectivity index (χ0v) is 22.9. The van der Waals surface area contributed by atoms with Crippen LogP contribution in [0.3, 0.4) is 0 Å². The van der Waals surface area contributed by atoms with Gasteiger partial charge in [-0.2, -0.15) is 0 Å². The largest absolute Gasteiger partial charge is 0.508 e. The molecular weight excluding hydrogens is 400 g/mol. The Morgan fingerprint density at radius 3 is 1.27 bits per heavy atom. The van der Waals surface area contributed by atoms with Crippen LogP contribution in [0.25, 0.3) is 0 Å². The van der Waals surface area contributed by atoms with Gasteiger partial charge in [-0.1, -0.05) is 136 Å². The molecule has 1 aromatic carbocycles. The van der Waals surface area contributed by atoms with Crippen molar-refractivity contribution < 1.29 is 5.11 Å². The van der Waals surface area contributed by atoms with E-state index in [0.29, 0.717) is 5.75 Å². The maximum atomic E-state index is 10.7. The van der Waals surface area contributed by atoms with E-state index in [1.165, 1.54) is 158 Å². The maximum absolute atomic E-state index is 10.7. The number of hydrogen-bond donors (Lipinski definition) is 1. The summed E-state index contributed by atoms with van der Waals surface area (Å²) >= 11 is 0. The first-order chi connectivity index (χ1) is 16.2. The van der Waals surface area contributed by atoms with Crippen LogP contribution in [0.5, 0.6) is 5.75 Å². The van der Waals surface area contributed by atoms with Gasteiger partial charge in [-0.25, -0.2) is 0 Å². The third-order valence-corrected chi connectivity index (χ3v) is 7.36. The third-order valence-electron chi connectivity index (χ3n) is 7.36. The van der Waals surface area contributed by atoms with Crippen LogP contribution < -0.4 is 0 Å². The summed E-state index contributed by atoms with van der Waals surface area (Å²) in [4.78, 5) is 0. The zero-order valence-electron chi connectivity index (χ0n) is 22.9. The molecule has 0 spiro atoms. The fourth-order valence-electron chi connectivity index (χ4n) is 5.17. The van der Waals surface area contributed by atoms with Gasteiger partial charge in [0.25, 0.3) is 0 Å². The van der Waals surface area contributed by atoms with E-state index in [1.807, 2.05) is 6.07 Å². The van der Waals surface area contributed by atoms with E-state index in [2.05, 4.69) is 26.8 Å². The Hall–Kier alpha value is -0.980. The van der Waals surface area contributed by atoms with E-state index in [1.54, 1.807) is 0 Å². The van der Waals surface area contributed by atoms with Gasteiger partial charge in [0.05, 0.1) is 0 Å². The van der Waals surface area contributed by atoms with Crippen molar-refractivity contribution in [3.8, 4) is 5.75 Å². The molecule has 1 rings (SSSR count). The number of unbranched alkanes of at least 4 members (excludes halogenated alkanes) is 17. The molecule has 0 radical (unpaired) electrons. The van der Waals surface area contributed by atoms with Gasteiger partial charge in [-0.15, -0.1) is 0 Å². The summed E-state index contributed by atoms with van der Waals surface area (Å²) in [5.41, 5.74) is 4.33. The molecule has 1 aromatic rings. The van der Waals surface area contributed by atoms with Crippen LogP contribution in [0.2, 0.25) is 0 Å². The molecule has 0 bridgehead atoms. The predicted octanol–water partition coefficient (Wildman–Crippen LogP) is 10.9. The molecule has 192 valence electrons. The molecule has 0 aliphatic rings. The summed E-state index contributed by atoms with van der Waals surface area (Å²) in [5, 5.41) is 10.7. The van der Waals surface area contributed by atoms with Crippen molar-refractivity contribution >= 4 is 0 Å². The first-order valence-electron chi connectivity index (χ1n) is 15.1. The minimum absolute atomic E-state index is 0.560. The smallest absolute Gasteiger partial charge is 0.119 e. The Balaban J connectivity index is 2.58. The molecule has 0 aromatic heterocycles. The zero-order chi connectivity index (χ0) is 24.0. The number of rotatable bonds is 23. The Labute approximate surface area is 208 Å². The molecule has 0 heterocycles. The van der Waals surface area contributed by atoms with Crippen LogP contribution in [-0.2, 0) is 19.3 Å². The Morgan fingerprint density at radius 1 is 0.424 bits per heavy atom. The minimum Gasteiger partial charge on any atom is -0.508 e. The van der Waals surface area contributed by atoms with Crippen molar-refractivity contribution in [1.82, 2.24) is 0 Å². The Kier molecular flexibility index (Phi) is 19.6. The van der Waals surface area contributed by atoms with Crippen LogP contribution in [0.1, 0.15) is 166 Å². The van der Waals surface area contributed by atoms with E-state index in [9.17, 15) is 5.11 Å². The van der Waals surface area contributed by atoms with Crippen molar-refractivity contribution in [2.75, 3.05) is 0 Å². The highest BCUT2D eigenvalue weighted by atomic mass is 16.3. The fourth-order valence-corrected chi connectivity index (χ4v) is 5.17. The van der Waals surface area contributed by atoms with Gasteiger partial charge in [0, 0.05) is 0 Å². The quantitative estimate of drug-likeness (QED) is 0.162. The summed E-state index contributed by atoms with van der Waals surface area (Å²) in [6, 6.07) is 4.23. The molecule has 0 saturated carbocycles. The van der Waals surface area contributed by atoms with Crippen LogP contribution >= 0.6 is 0 Å². The molecule has 1 heteroatoms. The highest BCUT2D eigenvalue weighted by molar-refractivity contribution is 5.45. The number of aryl methyl sites for hydroxylation is 1. The molecule has 0 aliphatic heterocycles. The monoisotopic (exact) mass is 458 g/mol. The highest BCUT2D eigenvalue weighted by Gasteiger charge is 2.13. The Morgan fingerprint density at radius 2 is 0.788 bits per heavy atom. The number of hydrogen-bond acceptors (Lipinski definition) is 1. The van der Waals surface area contributed by atoms with Crippen LogP contribution in [0, 0.1) is 0 Å². The summed E-state index contributed by atoms with van der Waals surface area (Å²) in [6.07, 6.45) is 30.4. The molecule has 0 fully saturated rings. The summed E-state index contributed by atoms with van der Waals surface area (Å²) in [6.45, 7) is 6.87. The molecule has 33 heavy (non-hydrogen) atoms. The van der Waals surface area contributed by atoms with Crippen molar-refractivity contribution in [2.24, 2.45) is 0 Å². The molecule has 1 nitrogen and oxygen atoms in total. The van der Waals surface area contributed by atoms with Gasteiger partial charge < -0.3 is 5.11 Å². The van der Waals surface area contributed by atoms with Crippen molar-refractivity contribution in [2.45, 2.75) is 168 Å². The van der Waals surface area contributed by atoms with Gasteiger partial charge in [0.2, 0.25) is 0 Å². The molecule has 0 amide bonds. The number of benzene rings is 1. The Bertz CT molecular complexity index is 562. The maximum Gasteiger partial charge on any atom is 0.119 e. The predicted molar refractivity (Wildman–Crippen MR) is 149 cm³/mol. The lowest BCUT2D eigenvalue weighted by atomic mass is 9.89. The van der Waals surface area contributed by atoms with Crippen molar-refractivity contribution in [3.63, 3.8) is 0 Å². The molecule has 1 N–H and O–H groups in total.